The number of hydrogen-bond donors (Lipinski definition) is 1. The van der Waals surface area contributed by atoms with E-state index in [1.165, 1.54) is 31.0 Å². The number of fused-ring (bicyclic) bond motifs is 1. The summed E-state index contributed by atoms with van der Waals surface area (Å²) in [7, 11) is 0. The van der Waals surface area contributed by atoms with E-state index >= 15 is 0 Å². The summed E-state index contributed by atoms with van der Waals surface area (Å²) in [5, 5.41) is 3.70. The molecule has 1 saturated carbocycles. The number of carbonyl (C=O) groups excluding carboxylic acids is 1. The summed E-state index contributed by atoms with van der Waals surface area (Å²) >= 11 is 1.36. The van der Waals surface area contributed by atoms with Crippen molar-refractivity contribution < 1.29 is 9.21 Å². The second-order valence-corrected chi connectivity index (χ2v) is 6.86. The Balaban J connectivity index is 1.46. The third-order valence-corrected chi connectivity index (χ3v) is 5.22. The van der Waals surface area contributed by atoms with Crippen LogP contribution in [0, 0.1) is 5.92 Å². The molecule has 1 N–H and O–H groups in total. The number of benzene rings is 1. The molecule has 0 unspecified atom stereocenters. The fraction of sp³-hybridized carbons (Fsp3) is 0.529. The first-order valence-electron chi connectivity index (χ1n) is 8.02. The van der Waals surface area contributed by atoms with Crippen LogP contribution < -0.4 is 5.32 Å². The molecule has 1 fully saturated rings. The molecule has 1 aromatic heterocycles. The second-order valence-electron chi connectivity index (χ2n) is 5.93. The summed E-state index contributed by atoms with van der Waals surface area (Å²) in [5.41, 5.74) is 1.60. The van der Waals surface area contributed by atoms with Crippen LogP contribution in [0.4, 0.5) is 0 Å². The van der Waals surface area contributed by atoms with E-state index in [0.717, 1.165) is 29.9 Å². The Morgan fingerprint density at radius 3 is 2.82 bits per heavy atom. The molecule has 118 valence electrons. The smallest absolute Gasteiger partial charge is 0.257 e. The number of oxazole rings is 1. The van der Waals surface area contributed by atoms with Crippen LogP contribution in [-0.2, 0) is 4.79 Å². The number of para-hydroxylation sites is 2. The minimum absolute atomic E-state index is 0.0761. The number of thioether (sulfide) groups is 1. The molecule has 0 saturated heterocycles. The fourth-order valence-electron chi connectivity index (χ4n) is 3.02. The SMILES string of the molecule is CCC1CCC(NC(=O)CSc2nc3ccccc3o2)CC1. The predicted molar refractivity (Wildman–Crippen MR) is 88.9 cm³/mol. The zero-order valence-electron chi connectivity index (χ0n) is 12.9. The van der Waals surface area contributed by atoms with E-state index in [2.05, 4.69) is 17.2 Å². The standard InChI is InChI=1S/C17H22N2O2S/c1-2-12-7-9-13(10-8-12)18-16(20)11-22-17-19-14-5-3-4-6-15(14)21-17/h3-6,12-13H,2,7-11H2,1H3,(H,18,20). The lowest BCUT2D eigenvalue weighted by Crippen LogP contribution is -2.38. The molecule has 0 radical (unpaired) electrons. The number of carbonyl (C=O) groups is 1. The zero-order chi connectivity index (χ0) is 15.4. The molecule has 4 nitrogen and oxygen atoms in total. The van der Waals surface area contributed by atoms with Gasteiger partial charge in [-0.2, -0.15) is 0 Å². The molecule has 22 heavy (non-hydrogen) atoms. The van der Waals surface area contributed by atoms with Crippen molar-refractivity contribution in [3.63, 3.8) is 0 Å². The van der Waals surface area contributed by atoms with E-state index in [-0.39, 0.29) is 5.91 Å². The number of nitrogens with one attached hydrogen (secondary N) is 1. The van der Waals surface area contributed by atoms with Crippen LogP contribution in [0.25, 0.3) is 11.1 Å². The summed E-state index contributed by atoms with van der Waals surface area (Å²) < 4.78 is 5.61. The summed E-state index contributed by atoms with van der Waals surface area (Å²) in [6.45, 7) is 2.25. The Kier molecular flexibility index (Phi) is 5.03. The van der Waals surface area contributed by atoms with Crippen LogP contribution in [0.1, 0.15) is 39.0 Å². The number of aromatic nitrogens is 1. The van der Waals surface area contributed by atoms with Crippen molar-refractivity contribution in [2.24, 2.45) is 5.92 Å². The Morgan fingerprint density at radius 1 is 1.32 bits per heavy atom. The van der Waals surface area contributed by atoms with E-state index in [1.54, 1.807) is 0 Å². The molecule has 1 heterocycles. The number of rotatable bonds is 5. The molecule has 1 aliphatic rings. The molecular weight excluding hydrogens is 296 g/mol. The van der Waals surface area contributed by atoms with Gasteiger partial charge in [-0.1, -0.05) is 37.2 Å². The molecule has 1 aromatic carbocycles. The summed E-state index contributed by atoms with van der Waals surface area (Å²) in [5.74, 6) is 1.29. The lowest BCUT2D eigenvalue weighted by molar-refractivity contribution is -0.119. The Bertz CT molecular complexity index is 599. The van der Waals surface area contributed by atoms with Gasteiger partial charge >= 0.3 is 0 Å². The predicted octanol–water partition coefficient (Wildman–Crippen LogP) is 4.00. The zero-order valence-corrected chi connectivity index (χ0v) is 13.7. The monoisotopic (exact) mass is 318 g/mol. The van der Waals surface area contributed by atoms with Crippen molar-refractivity contribution in [1.29, 1.82) is 0 Å². The normalized spacial score (nSPS) is 21.9. The van der Waals surface area contributed by atoms with Gasteiger partial charge in [0, 0.05) is 6.04 Å². The van der Waals surface area contributed by atoms with Gasteiger partial charge in [-0.15, -0.1) is 0 Å². The summed E-state index contributed by atoms with van der Waals surface area (Å²) in [4.78, 5) is 16.4. The average molecular weight is 318 g/mol. The van der Waals surface area contributed by atoms with Crippen molar-refractivity contribution in [1.82, 2.24) is 10.3 Å². The average Bonchev–Trinajstić information content (AvgIpc) is 2.96. The van der Waals surface area contributed by atoms with Gasteiger partial charge in [-0.05, 0) is 43.7 Å². The van der Waals surface area contributed by atoms with Crippen molar-refractivity contribution in [2.75, 3.05) is 5.75 Å². The highest BCUT2D eigenvalue weighted by Crippen LogP contribution is 2.27. The number of nitrogens with zero attached hydrogens (tertiary/aromatic N) is 1. The second kappa shape index (κ2) is 7.18. The first kappa shape index (κ1) is 15.4. The highest BCUT2D eigenvalue weighted by molar-refractivity contribution is 7.99. The van der Waals surface area contributed by atoms with Gasteiger partial charge in [0.15, 0.2) is 5.58 Å². The minimum atomic E-state index is 0.0761. The molecule has 0 bridgehead atoms. The van der Waals surface area contributed by atoms with Crippen LogP contribution in [-0.4, -0.2) is 22.7 Å². The highest BCUT2D eigenvalue weighted by atomic mass is 32.2. The molecule has 5 heteroatoms. The maximum absolute atomic E-state index is 12.0. The molecule has 1 amide bonds. The van der Waals surface area contributed by atoms with Crippen LogP contribution in [0.5, 0.6) is 0 Å². The maximum atomic E-state index is 12.0. The molecule has 2 aromatic rings. The minimum Gasteiger partial charge on any atom is -0.431 e. The molecule has 3 rings (SSSR count). The Labute approximate surface area is 135 Å². The first-order valence-corrected chi connectivity index (χ1v) is 9.01. The largest absolute Gasteiger partial charge is 0.431 e. The van der Waals surface area contributed by atoms with Crippen LogP contribution in [0.15, 0.2) is 33.9 Å². The van der Waals surface area contributed by atoms with E-state index in [9.17, 15) is 4.79 Å². The lowest BCUT2D eigenvalue weighted by Gasteiger charge is -2.28. The van der Waals surface area contributed by atoms with Gasteiger partial charge in [-0.3, -0.25) is 4.79 Å². The molecule has 0 aliphatic heterocycles. The van der Waals surface area contributed by atoms with Gasteiger partial charge in [-0.25, -0.2) is 4.98 Å². The fourth-order valence-corrected chi connectivity index (χ4v) is 3.67. The molecule has 0 atom stereocenters. The van der Waals surface area contributed by atoms with E-state index in [4.69, 9.17) is 4.42 Å². The van der Waals surface area contributed by atoms with Gasteiger partial charge < -0.3 is 9.73 Å². The van der Waals surface area contributed by atoms with Crippen LogP contribution in [0.3, 0.4) is 0 Å². The van der Waals surface area contributed by atoms with Gasteiger partial charge in [0.05, 0.1) is 5.75 Å². The van der Waals surface area contributed by atoms with Crippen molar-refractivity contribution in [3.05, 3.63) is 24.3 Å². The maximum Gasteiger partial charge on any atom is 0.257 e. The number of hydrogen-bond acceptors (Lipinski definition) is 4. The molecule has 1 aliphatic carbocycles. The Hall–Kier alpha value is -1.49. The molecular formula is C17H22N2O2S. The van der Waals surface area contributed by atoms with Crippen molar-refractivity contribution in [2.45, 2.75) is 50.3 Å². The Morgan fingerprint density at radius 2 is 2.09 bits per heavy atom. The van der Waals surface area contributed by atoms with E-state index in [1.807, 2.05) is 24.3 Å². The van der Waals surface area contributed by atoms with Crippen molar-refractivity contribution in [3.8, 4) is 0 Å². The highest BCUT2D eigenvalue weighted by Gasteiger charge is 2.21. The van der Waals surface area contributed by atoms with Gasteiger partial charge in [0.2, 0.25) is 5.91 Å². The third kappa shape index (κ3) is 3.83. The van der Waals surface area contributed by atoms with Gasteiger partial charge in [0.1, 0.15) is 5.52 Å². The third-order valence-electron chi connectivity index (χ3n) is 4.39. The molecule has 0 spiro atoms. The van der Waals surface area contributed by atoms with Crippen LogP contribution >= 0.6 is 11.8 Å². The summed E-state index contributed by atoms with van der Waals surface area (Å²) in [6, 6.07) is 7.99. The lowest BCUT2D eigenvalue weighted by atomic mass is 9.84. The van der Waals surface area contributed by atoms with E-state index in [0.29, 0.717) is 17.0 Å². The quantitative estimate of drug-likeness (QED) is 0.847. The topological polar surface area (TPSA) is 55.1 Å². The summed E-state index contributed by atoms with van der Waals surface area (Å²) in [6.07, 6.45) is 5.95. The number of amides is 1. The first-order chi connectivity index (χ1) is 10.7. The van der Waals surface area contributed by atoms with Gasteiger partial charge in [0.25, 0.3) is 5.22 Å². The van der Waals surface area contributed by atoms with E-state index < -0.39 is 0 Å². The van der Waals surface area contributed by atoms with Crippen molar-refractivity contribution >= 4 is 28.8 Å². The van der Waals surface area contributed by atoms with Crippen LogP contribution in [0.2, 0.25) is 0 Å².